The van der Waals surface area contributed by atoms with Gasteiger partial charge in [0, 0.05) is 10.8 Å². The quantitative estimate of drug-likeness (QED) is 0.808. The summed E-state index contributed by atoms with van der Waals surface area (Å²) in [5, 5.41) is 2.44. The van der Waals surface area contributed by atoms with Gasteiger partial charge in [0.1, 0.15) is 0 Å². The largest absolute Gasteiger partial charge is 0.352 e. The molecule has 1 N–H and O–H groups in total. The van der Waals surface area contributed by atoms with Crippen LogP contribution < -0.4 is 5.32 Å². The molecule has 94 valence electrons. The fourth-order valence-corrected chi connectivity index (χ4v) is 1.01. The van der Waals surface area contributed by atoms with E-state index in [0.29, 0.717) is 0 Å². The Hall–Kier alpha value is -0.930. The number of alkyl halides is 1. The van der Waals surface area contributed by atoms with Gasteiger partial charge in [0.25, 0.3) is 0 Å². The second-order valence-electron chi connectivity index (χ2n) is 6.04. The van der Waals surface area contributed by atoms with E-state index in [2.05, 4.69) is 5.32 Å². The molecule has 0 aliphatic rings. The van der Waals surface area contributed by atoms with E-state index >= 15 is 0 Å². The Balaban J connectivity index is 4.25. The van der Waals surface area contributed by atoms with Gasteiger partial charge in [-0.1, -0.05) is 41.5 Å². The molecule has 0 spiro atoms. The van der Waals surface area contributed by atoms with Gasteiger partial charge in [-0.2, -0.15) is 0 Å². The average Bonchev–Trinajstić information content (AvgIpc) is 2.09. The van der Waals surface area contributed by atoms with Gasteiger partial charge < -0.3 is 5.32 Å². The number of halogens is 1. The van der Waals surface area contributed by atoms with Gasteiger partial charge in [-0.15, -0.1) is 0 Å². The highest BCUT2D eigenvalue weighted by Crippen LogP contribution is 2.18. The summed E-state index contributed by atoms with van der Waals surface area (Å²) >= 11 is 0. The zero-order valence-electron chi connectivity index (χ0n) is 11.0. The highest BCUT2D eigenvalue weighted by Gasteiger charge is 2.30. The highest BCUT2D eigenvalue weighted by molar-refractivity contribution is 5.89. The van der Waals surface area contributed by atoms with Crippen molar-refractivity contribution in [3.63, 3.8) is 0 Å². The van der Waals surface area contributed by atoms with Crippen molar-refractivity contribution >= 4 is 11.7 Å². The summed E-state index contributed by atoms with van der Waals surface area (Å²) in [6.45, 7) is 9.95. The summed E-state index contributed by atoms with van der Waals surface area (Å²) in [4.78, 5) is 23.0. The molecule has 1 amide bonds. The zero-order chi connectivity index (χ0) is 13.1. The summed E-state index contributed by atoms with van der Waals surface area (Å²) < 4.78 is 13.5. The van der Waals surface area contributed by atoms with E-state index in [9.17, 15) is 14.0 Å². The first kappa shape index (κ1) is 15.1. The predicted octanol–water partition coefficient (Wildman–Crippen LogP) is 2.10. The van der Waals surface area contributed by atoms with Crippen LogP contribution in [-0.2, 0) is 9.59 Å². The third-order valence-electron chi connectivity index (χ3n) is 2.15. The molecule has 0 radical (unpaired) electrons. The van der Waals surface area contributed by atoms with Gasteiger partial charge in [-0.25, -0.2) is 4.39 Å². The summed E-state index contributed by atoms with van der Waals surface area (Å²) in [6, 6.07) is 0. The standard InChI is InChI=1S/C12H22FNO2/c1-11(2,3)9(15)8(13)7-14-10(16)12(4,5)6/h8H,7H2,1-6H3,(H,14,16)/t8-/m1/s1. The number of rotatable bonds is 3. The molecule has 0 unspecified atom stereocenters. The zero-order valence-corrected chi connectivity index (χ0v) is 11.0. The van der Waals surface area contributed by atoms with Gasteiger partial charge >= 0.3 is 0 Å². The minimum Gasteiger partial charge on any atom is -0.352 e. The van der Waals surface area contributed by atoms with Crippen molar-refractivity contribution in [2.75, 3.05) is 6.54 Å². The normalized spacial score (nSPS) is 14.4. The molecule has 0 aliphatic heterocycles. The molecule has 0 saturated heterocycles. The van der Waals surface area contributed by atoms with Gasteiger partial charge in [0.15, 0.2) is 12.0 Å². The molecule has 16 heavy (non-hydrogen) atoms. The Bertz CT molecular complexity index is 274. The summed E-state index contributed by atoms with van der Waals surface area (Å²) in [6.07, 6.45) is -1.63. The van der Waals surface area contributed by atoms with E-state index in [4.69, 9.17) is 0 Å². The summed E-state index contributed by atoms with van der Waals surface area (Å²) in [5.74, 6) is -0.737. The van der Waals surface area contributed by atoms with Crippen LogP contribution in [0.2, 0.25) is 0 Å². The molecule has 0 aromatic carbocycles. The Labute approximate surface area is 96.8 Å². The Morgan fingerprint density at radius 2 is 1.50 bits per heavy atom. The predicted molar refractivity (Wildman–Crippen MR) is 61.8 cm³/mol. The molecule has 0 rings (SSSR count). The first-order valence-electron chi connectivity index (χ1n) is 5.43. The van der Waals surface area contributed by atoms with Crippen LogP contribution in [0.25, 0.3) is 0 Å². The van der Waals surface area contributed by atoms with Crippen LogP contribution in [0.15, 0.2) is 0 Å². The van der Waals surface area contributed by atoms with E-state index in [1.54, 1.807) is 41.5 Å². The van der Waals surface area contributed by atoms with Crippen molar-refractivity contribution in [3.8, 4) is 0 Å². The maximum absolute atomic E-state index is 13.5. The van der Waals surface area contributed by atoms with Crippen molar-refractivity contribution in [2.45, 2.75) is 47.7 Å². The second-order valence-corrected chi connectivity index (χ2v) is 6.04. The third-order valence-corrected chi connectivity index (χ3v) is 2.15. The fraction of sp³-hybridized carbons (Fsp3) is 0.833. The van der Waals surface area contributed by atoms with Crippen molar-refractivity contribution in [2.24, 2.45) is 10.8 Å². The number of nitrogens with one attached hydrogen (secondary N) is 1. The Morgan fingerprint density at radius 1 is 1.06 bits per heavy atom. The molecule has 0 heterocycles. The van der Waals surface area contributed by atoms with Gasteiger partial charge in [0.05, 0.1) is 6.54 Å². The number of Topliss-reactive ketones (excluding diaryl/α,β-unsaturated/α-hetero) is 1. The van der Waals surface area contributed by atoms with Crippen LogP contribution in [0.4, 0.5) is 4.39 Å². The molecule has 0 saturated carbocycles. The SMILES string of the molecule is CC(C)(C)C(=O)NC[C@@H](F)C(=O)C(C)(C)C. The van der Waals surface area contributed by atoms with Crippen LogP contribution in [0.3, 0.4) is 0 Å². The fourth-order valence-electron chi connectivity index (χ4n) is 1.01. The monoisotopic (exact) mass is 231 g/mol. The van der Waals surface area contributed by atoms with Crippen LogP contribution in [-0.4, -0.2) is 24.4 Å². The lowest BCUT2D eigenvalue weighted by molar-refractivity contribution is -0.132. The maximum atomic E-state index is 13.5. The lowest BCUT2D eigenvalue weighted by Gasteiger charge is -2.22. The Morgan fingerprint density at radius 3 is 1.81 bits per heavy atom. The number of carbonyl (C=O) groups excluding carboxylic acids is 2. The van der Waals surface area contributed by atoms with Crippen LogP contribution >= 0.6 is 0 Å². The maximum Gasteiger partial charge on any atom is 0.225 e. The molecular weight excluding hydrogens is 209 g/mol. The Kier molecular flexibility index (Phi) is 4.65. The summed E-state index contributed by atoms with van der Waals surface area (Å²) in [7, 11) is 0. The third kappa shape index (κ3) is 4.73. The molecule has 3 nitrogen and oxygen atoms in total. The van der Waals surface area contributed by atoms with Gasteiger partial charge in [-0.3, -0.25) is 9.59 Å². The van der Waals surface area contributed by atoms with Crippen LogP contribution in [0.1, 0.15) is 41.5 Å². The van der Waals surface area contributed by atoms with Crippen molar-refractivity contribution in [3.05, 3.63) is 0 Å². The molecule has 0 fully saturated rings. The van der Waals surface area contributed by atoms with Crippen molar-refractivity contribution < 1.29 is 14.0 Å². The lowest BCUT2D eigenvalue weighted by atomic mass is 9.88. The van der Waals surface area contributed by atoms with Crippen molar-refractivity contribution in [1.29, 1.82) is 0 Å². The van der Waals surface area contributed by atoms with Crippen LogP contribution in [0, 0.1) is 10.8 Å². The topological polar surface area (TPSA) is 46.2 Å². The number of hydrogen-bond donors (Lipinski definition) is 1. The van der Waals surface area contributed by atoms with E-state index in [0.717, 1.165) is 0 Å². The summed E-state index contributed by atoms with van der Waals surface area (Å²) in [5.41, 5.74) is -1.28. The van der Waals surface area contributed by atoms with Gasteiger partial charge in [-0.05, 0) is 0 Å². The van der Waals surface area contributed by atoms with E-state index in [-0.39, 0.29) is 12.5 Å². The molecule has 1 atom stereocenters. The van der Waals surface area contributed by atoms with E-state index in [1.165, 1.54) is 0 Å². The minimum absolute atomic E-state index is 0.244. The van der Waals surface area contributed by atoms with E-state index in [1.807, 2.05) is 0 Å². The first-order valence-corrected chi connectivity index (χ1v) is 5.43. The molecule has 0 aliphatic carbocycles. The van der Waals surface area contributed by atoms with Crippen LogP contribution in [0.5, 0.6) is 0 Å². The lowest BCUT2D eigenvalue weighted by Crippen LogP contribution is -2.42. The molecule has 0 bridgehead atoms. The second kappa shape index (κ2) is 4.93. The molecular formula is C12H22FNO2. The van der Waals surface area contributed by atoms with Crippen molar-refractivity contribution in [1.82, 2.24) is 5.32 Å². The number of ketones is 1. The molecule has 0 aromatic heterocycles. The number of carbonyl (C=O) groups is 2. The first-order chi connectivity index (χ1) is 6.96. The van der Waals surface area contributed by atoms with Gasteiger partial charge in [0.2, 0.25) is 5.91 Å². The minimum atomic E-state index is -1.63. The molecule has 4 heteroatoms. The number of hydrogen-bond acceptors (Lipinski definition) is 2. The average molecular weight is 231 g/mol. The highest BCUT2D eigenvalue weighted by atomic mass is 19.1. The molecule has 0 aromatic rings. The smallest absolute Gasteiger partial charge is 0.225 e. The van der Waals surface area contributed by atoms with E-state index < -0.39 is 22.8 Å². The number of amides is 1.